The summed E-state index contributed by atoms with van der Waals surface area (Å²) in [6.45, 7) is 11.1. The molecule has 0 amide bonds. The molecule has 6 rings (SSSR count). The molecule has 0 aromatic heterocycles. The summed E-state index contributed by atoms with van der Waals surface area (Å²) in [5, 5.41) is 102. The lowest BCUT2D eigenvalue weighted by molar-refractivity contribution is -0.395. The molecule has 6 heterocycles. The van der Waals surface area contributed by atoms with Gasteiger partial charge < -0.3 is 108 Å². The number of aliphatic hydroxyl groups excluding tert-OH is 9. The molecule has 0 bridgehead atoms. The normalized spacial score (nSPS) is 41.6. The molecule has 25 heteroatoms. The molecule has 9 N–H and O–H groups in total. The molecular weight excluding hydrogens is 1130 g/mol. The Morgan fingerprint density at radius 3 is 1.63 bits per heavy atom. The van der Waals surface area contributed by atoms with E-state index < -0.39 is 178 Å². The highest BCUT2D eigenvalue weighted by Crippen LogP contribution is 2.39. The van der Waals surface area contributed by atoms with Gasteiger partial charge in [0.05, 0.1) is 37.1 Å². The van der Waals surface area contributed by atoms with Gasteiger partial charge in [0, 0.05) is 19.3 Å². The molecule has 0 saturated carbocycles. The number of hydrogen-bond acceptors (Lipinski definition) is 25. The fourth-order valence-corrected chi connectivity index (χ4v) is 12.2. The quantitative estimate of drug-likeness (QED) is 0.0378. The molecular formula is C61H106O25. The highest BCUT2D eigenvalue weighted by molar-refractivity contribution is 5.70. The van der Waals surface area contributed by atoms with E-state index >= 15 is 0 Å². The zero-order valence-corrected chi connectivity index (χ0v) is 51.7. The maximum Gasteiger partial charge on any atom is 0.306 e. The first-order chi connectivity index (χ1) is 41.2. The van der Waals surface area contributed by atoms with Crippen molar-refractivity contribution in [1.82, 2.24) is 0 Å². The number of carbonyl (C=O) groups is 3. The van der Waals surface area contributed by atoms with E-state index in [1.807, 2.05) is 0 Å². The number of rotatable bonds is 24. The van der Waals surface area contributed by atoms with Gasteiger partial charge in [-0.1, -0.05) is 130 Å². The fraction of sp³-hybridized carbons (Fsp3) is 0.951. The Bertz CT molecular complexity index is 1950. The first kappa shape index (κ1) is 72.7. The number of aliphatic hydroxyl groups is 9. The molecule has 0 spiro atoms. The monoisotopic (exact) mass is 1240 g/mol. The lowest BCUT2D eigenvalue weighted by Gasteiger charge is -2.50. The number of esters is 3. The Morgan fingerprint density at radius 2 is 0.977 bits per heavy atom. The average Bonchev–Trinajstić information content (AvgIpc) is 1.22. The highest BCUT2D eigenvalue weighted by Gasteiger charge is 2.58. The van der Waals surface area contributed by atoms with E-state index in [4.69, 9.17) is 61.6 Å². The molecule has 0 aromatic carbocycles. The van der Waals surface area contributed by atoms with E-state index in [1.54, 1.807) is 6.92 Å². The van der Waals surface area contributed by atoms with Gasteiger partial charge in [0.1, 0.15) is 79.4 Å². The number of fused-ring (bicyclic) bond motifs is 2. The van der Waals surface area contributed by atoms with Crippen molar-refractivity contribution in [2.45, 2.75) is 362 Å². The molecule has 25 nitrogen and oxygen atoms in total. The van der Waals surface area contributed by atoms with Gasteiger partial charge in [-0.15, -0.1) is 0 Å². The van der Waals surface area contributed by atoms with Crippen LogP contribution in [0.1, 0.15) is 203 Å². The largest absolute Gasteiger partial charge is 0.457 e. The predicted molar refractivity (Wildman–Crippen MR) is 303 cm³/mol. The lowest BCUT2D eigenvalue weighted by Crippen LogP contribution is -2.67. The van der Waals surface area contributed by atoms with Crippen molar-refractivity contribution >= 4 is 17.9 Å². The van der Waals surface area contributed by atoms with Crippen LogP contribution < -0.4 is 0 Å². The first-order valence-electron chi connectivity index (χ1n) is 32.4. The predicted octanol–water partition coefficient (Wildman–Crippen LogP) is 3.67. The number of unbranched alkanes of at least 4 members (excludes halogenated alkanes) is 10. The Balaban J connectivity index is 1.28. The van der Waals surface area contributed by atoms with Crippen LogP contribution in [-0.2, 0) is 76.0 Å². The van der Waals surface area contributed by atoms with Crippen molar-refractivity contribution in [3.05, 3.63) is 0 Å². The van der Waals surface area contributed by atoms with Crippen molar-refractivity contribution in [3.8, 4) is 0 Å². The zero-order valence-electron chi connectivity index (χ0n) is 51.7. The lowest BCUT2D eigenvalue weighted by atomic mass is 9.95. The SMILES string of the molecule is CCCCCCCCCCCC(=O)O[C@H]1[C@H](O[C@@H]2[C@@H](O)[C@H]3OC(=O)CCCCCCCCCC(CCCCC)O[C@@H]4O[C@H](C)[C@@H](O)[C@H](O)[C@H]4O[C@H]3O[C@H]2C)O[C@@H](C)[C@H](O[C@@H]2O[C@@H](C)[C@H](OC(=O)CC)[C@@H](O)[C@H]2O[C@@H]2O[C@H](CO)[C@@H](O)[C@H](O)[C@H]2O)[C@H]1O. The summed E-state index contributed by atoms with van der Waals surface area (Å²) >= 11 is 0. The summed E-state index contributed by atoms with van der Waals surface area (Å²) in [4.78, 5) is 40.3. The van der Waals surface area contributed by atoms with Crippen LogP contribution in [0.25, 0.3) is 0 Å². The minimum atomic E-state index is -1.95. The van der Waals surface area contributed by atoms with Crippen LogP contribution in [0.15, 0.2) is 0 Å². The molecule has 0 aliphatic carbocycles. The van der Waals surface area contributed by atoms with E-state index in [0.717, 1.165) is 116 Å². The van der Waals surface area contributed by atoms with Crippen LogP contribution >= 0.6 is 0 Å². The summed E-state index contributed by atoms with van der Waals surface area (Å²) in [6, 6.07) is 0. The van der Waals surface area contributed by atoms with Gasteiger partial charge in [-0.2, -0.15) is 0 Å². The molecule has 86 heavy (non-hydrogen) atoms. The van der Waals surface area contributed by atoms with Gasteiger partial charge in [0.25, 0.3) is 0 Å². The second kappa shape index (κ2) is 36.6. The molecule has 26 atom stereocenters. The molecule has 6 aliphatic heterocycles. The van der Waals surface area contributed by atoms with Crippen LogP contribution in [-0.4, -0.2) is 230 Å². The Morgan fingerprint density at radius 1 is 0.453 bits per heavy atom. The molecule has 6 aliphatic rings. The van der Waals surface area contributed by atoms with Crippen molar-refractivity contribution < 1.29 is 122 Å². The van der Waals surface area contributed by atoms with Gasteiger partial charge >= 0.3 is 17.9 Å². The highest BCUT2D eigenvalue weighted by atomic mass is 16.8. The molecule has 500 valence electrons. The van der Waals surface area contributed by atoms with Crippen molar-refractivity contribution in [2.75, 3.05) is 6.61 Å². The van der Waals surface area contributed by atoms with Gasteiger partial charge in [0.15, 0.2) is 49.8 Å². The molecule has 0 aromatic rings. The number of carbonyl (C=O) groups excluding carboxylic acids is 3. The van der Waals surface area contributed by atoms with Crippen LogP contribution in [0.4, 0.5) is 0 Å². The minimum Gasteiger partial charge on any atom is -0.457 e. The van der Waals surface area contributed by atoms with Crippen molar-refractivity contribution in [3.63, 3.8) is 0 Å². The Labute approximate surface area is 507 Å². The Kier molecular flexibility index (Phi) is 31.0. The number of hydrogen-bond donors (Lipinski definition) is 9. The van der Waals surface area contributed by atoms with Crippen LogP contribution in [0.2, 0.25) is 0 Å². The topological polar surface area (TPSA) is 353 Å². The van der Waals surface area contributed by atoms with Gasteiger partial charge in [-0.05, 0) is 53.4 Å². The maximum absolute atomic E-state index is 13.9. The van der Waals surface area contributed by atoms with E-state index in [0.29, 0.717) is 12.8 Å². The van der Waals surface area contributed by atoms with E-state index in [-0.39, 0.29) is 25.4 Å². The van der Waals surface area contributed by atoms with E-state index in [2.05, 4.69) is 13.8 Å². The third-order valence-corrected chi connectivity index (χ3v) is 17.5. The molecule has 6 fully saturated rings. The summed E-state index contributed by atoms with van der Waals surface area (Å²) in [7, 11) is 0. The Hall–Kier alpha value is -2.35. The van der Waals surface area contributed by atoms with E-state index in [9.17, 15) is 60.3 Å². The van der Waals surface area contributed by atoms with E-state index in [1.165, 1.54) is 34.1 Å². The zero-order chi connectivity index (χ0) is 62.6. The van der Waals surface area contributed by atoms with Gasteiger partial charge in [-0.3, -0.25) is 14.4 Å². The molecule has 1 unspecified atom stereocenters. The molecule has 6 saturated heterocycles. The van der Waals surface area contributed by atoms with Crippen molar-refractivity contribution in [2.24, 2.45) is 0 Å². The third kappa shape index (κ3) is 20.3. The number of ether oxygens (including phenoxy) is 13. The first-order valence-corrected chi connectivity index (χ1v) is 32.4. The van der Waals surface area contributed by atoms with Crippen molar-refractivity contribution in [1.29, 1.82) is 0 Å². The third-order valence-electron chi connectivity index (χ3n) is 17.5. The van der Waals surface area contributed by atoms with Crippen LogP contribution in [0.3, 0.4) is 0 Å². The van der Waals surface area contributed by atoms with Gasteiger partial charge in [-0.25, -0.2) is 0 Å². The summed E-state index contributed by atoms with van der Waals surface area (Å²) in [5.74, 6) is -2.14. The second-order valence-corrected chi connectivity index (χ2v) is 24.5. The maximum atomic E-state index is 13.9. The summed E-state index contributed by atoms with van der Waals surface area (Å²) in [6.07, 6.45) is -20.3. The smallest absolute Gasteiger partial charge is 0.306 e. The fourth-order valence-electron chi connectivity index (χ4n) is 12.2. The van der Waals surface area contributed by atoms with Crippen LogP contribution in [0.5, 0.6) is 0 Å². The summed E-state index contributed by atoms with van der Waals surface area (Å²) in [5.41, 5.74) is 0. The second-order valence-electron chi connectivity index (χ2n) is 24.5. The van der Waals surface area contributed by atoms with Gasteiger partial charge in [0.2, 0.25) is 0 Å². The minimum absolute atomic E-state index is 0.0130. The summed E-state index contributed by atoms with van der Waals surface area (Å²) < 4.78 is 80.7. The molecule has 0 radical (unpaired) electrons. The standard InChI is InChI=1S/C61H106O25/c1-8-11-13-14-15-16-19-22-26-30-40(64)81-54-48(72)52(84-61-56(47(71)50(34(5)75-61)80-39(63)10-3)85-57-46(70)44(68)43(67)38(32-62)79-57)35(6)76-59(54)83-51-36(7)77-60-55(49(51)73)82-41(65)31-27-23-20-17-18-21-25-29-37(28-24-12-9-2)78-58-53(86-60)45(69)42(66)33(4)74-58/h33-38,42-62,66-73H,8-32H2,1-7H3/t33-,34+,35+,36+,37?,38-,42-,43-,44+,45+,46-,47-,48-,49-,50+,51+,52+,53-,54-,55-,56-,57+,58+,59+,60-,61+/m1/s1. The average molecular weight is 1240 g/mol. The van der Waals surface area contributed by atoms with Crippen LogP contribution in [0, 0.1) is 0 Å².